The second kappa shape index (κ2) is 14.0. The Hall–Kier alpha value is -2.28. The monoisotopic (exact) mass is 444 g/mol. The van der Waals surface area contributed by atoms with E-state index in [2.05, 4.69) is 4.74 Å². The van der Waals surface area contributed by atoms with Crippen molar-refractivity contribution in [3.8, 4) is 0 Å². The molecule has 6 nitrogen and oxygen atoms in total. The van der Waals surface area contributed by atoms with Gasteiger partial charge in [0.1, 0.15) is 5.78 Å². The van der Waals surface area contributed by atoms with E-state index in [9.17, 15) is 19.8 Å². The lowest BCUT2D eigenvalue weighted by molar-refractivity contribution is -0.140. The number of unbranched alkanes of at least 4 members (excludes halogenated alkanes) is 1. The summed E-state index contributed by atoms with van der Waals surface area (Å²) < 4.78 is 10.0. The SMILES string of the molecule is CCOCc1cccc(C[C@@H](O)C=C[C@H]2[C@H](O)CC(=O)[C@@H]2CC=CCCCC(=O)OC)c1. The third kappa shape index (κ3) is 8.69. The van der Waals surface area contributed by atoms with Gasteiger partial charge in [-0.3, -0.25) is 9.59 Å². The number of ketones is 1. The van der Waals surface area contributed by atoms with Gasteiger partial charge in [0, 0.05) is 37.7 Å². The molecule has 0 amide bonds. The van der Waals surface area contributed by atoms with Crippen LogP contribution >= 0.6 is 0 Å². The van der Waals surface area contributed by atoms with Crippen LogP contribution in [0.5, 0.6) is 0 Å². The molecule has 4 atom stereocenters. The average molecular weight is 445 g/mol. The molecule has 0 unspecified atom stereocenters. The summed E-state index contributed by atoms with van der Waals surface area (Å²) in [5.74, 6) is -0.775. The van der Waals surface area contributed by atoms with Gasteiger partial charge in [0.15, 0.2) is 0 Å². The maximum absolute atomic E-state index is 12.3. The fraction of sp³-hybridized carbons (Fsp3) is 0.538. The summed E-state index contributed by atoms with van der Waals surface area (Å²) >= 11 is 0. The number of Topliss-reactive ketones (excluding diaryl/α,β-unsaturated/α-hetero) is 1. The van der Waals surface area contributed by atoms with E-state index in [1.54, 1.807) is 12.2 Å². The van der Waals surface area contributed by atoms with Crippen molar-refractivity contribution in [3.05, 3.63) is 59.7 Å². The zero-order chi connectivity index (χ0) is 23.3. The number of esters is 1. The molecule has 1 saturated carbocycles. The number of hydrogen-bond donors (Lipinski definition) is 2. The minimum Gasteiger partial charge on any atom is -0.469 e. The molecule has 176 valence electrons. The smallest absolute Gasteiger partial charge is 0.305 e. The highest BCUT2D eigenvalue weighted by Crippen LogP contribution is 2.33. The van der Waals surface area contributed by atoms with Gasteiger partial charge in [0.05, 0.1) is 25.9 Å². The summed E-state index contributed by atoms with van der Waals surface area (Å²) in [5, 5.41) is 20.8. The summed E-state index contributed by atoms with van der Waals surface area (Å²) in [5.41, 5.74) is 2.07. The quantitative estimate of drug-likeness (QED) is 0.275. The number of ether oxygens (including phenoxy) is 2. The summed E-state index contributed by atoms with van der Waals surface area (Å²) in [6, 6.07) is 7.94. The predicted octanol–water partition coefficient (Wildman–Crippen LogP) is 3.54. The summed E-state index contributed by atoms with van der Waals surface area (Å²) in [6.45, 7) is 3.15. The van der Waals surface area contributed by atoms with E-state index < -0.39 is 12.2 Å². The Morgan fingerprint density at radius 2 is 2.06 bits per heavy atom. The predicted molar refractivity (Wildman–Crippen MR) is 123 cm³/mol. The van der Waals surface area contributed by atoms with Crippen LogP contribution in [-0.4, -0.2) is 47.9 Å². The minimum atomic E-state index is -0.724. The highest BCUT2D eigenvalue weighted by Gasteiger charge is 2.39. The molecule has 0 radical (unpaired) electrons. The first-order valence-corrected chi connectivity index (χ1v) is 11.4. The summed E-state index contributed by atoms with van der Waals surface area (Å²) in [4.78, 5) is 23.5. The van der Waals surface area contributed by atoms with Gasteiger partial charge in [0.25, 0.3) is 0 Å². The van der Waals surface area contributed by atoms with E-state index in [0.29, 0.717) is 38.9 Å². The Bertz CT molecular complexity index is 784. The molecule has 0 aromatic heterocycles. The molecular formula is C26H36O6. The van der Waals surface area contributed by atoms with Crippen LogP contribution < -0.4 is 0 Å². The van der Waals surface area contributed by atoms with E-state index in [1.807, 2.05) is 43.3 Å². The van der Waals surface area contributed by atoms with Crippen LogP contribution in [0.1, 0.15) is 50.2 Å². The Morgan fingerprint density at radius 3 is 2.81 bits per heavy atom. The standard InChI is InChI=1S/C26H36O6/c1-3-32-18-20-10-8-9-19(15-20)16-21(27)13-14-23-22(24(28)17-25(23)29)11-6-4-5-7-12-26(30)31-2/h4,6,8-10,13-15,21-23,25,27,29H,3,5,7,11-12,16-18H2,1-2H3/t21-,22+,23+,25+/m0/s1. The molecule has 0 bridgehead atoms. The van der Waals surface area contributed by atoms with Crippen LogP contribution in [0.25, 0.3) is 0 Å². The molecule has 0 spiro atoms. The van der Waals surface area contributed by atoms with Crippen molar-refractivity contribution in [2.24, 2.45) is 11.8 Å². The Kier molecular flexibility index (Phi) is 11.4. The number of carbonyl (C=O) groups is 2. The molecule has 32 heavy (non-hydrogen) atoms. The van der Waals surface area contributed by atoms with E-state index in [4.69, 9.17) is 4.74 Å². The van der Waals surface area contributed by atoms with Crippen LogP contribution in [0.4, 0.5) is 0 Å². The fourth-order valence-electron chi connectivity index (χ4n) is 3.99. The highest BCUT2D eigenvalue weighted by atomic mass is 16.5. The van der Waals surface area contributed by atoms with Crippen LogP contribution in [0.2, 0.25) is 0 Å². The number of aliphatic hydroxyl groups is 2. The van der Waals surface area contributed by atoms with Crippen LogP contribution in [0.3, 0.4) is 0 Å². The molecule has 0 saturated heterocycles. The molecule has 1 aromatic carbocycles. The molecule has 1 aliphatic carbocycles. The number of hydrogen-bond acceptors (Lipinski definition) is 6. The molecule has 1 fully saturated rings. The molecule has 2 N–H and O–H groups in total. The molecule has 1 aromatic rings. The number of rotatable bonds is 13. The van der Waals surface area contributed by atoms with Crippen molar-refractivity contribution in [1.82, 2.24) is 0 Å². The van der Waals surface area contributed by atoms with Gasteiger partial charge in [0.2, 0.25) is 0 Å². The van der Waals surface area contributed by atoms with Gasteiger partial charge in [-0.15, -0.1) is 0 Å². The van der Waals surface area contributed by atoms with Crippen molar-refractivity contribution in [2.75, 3.05) is 13.7 Å². The first kappa shape index (κ1) is 26.0. The fourth-order valence-corrected chi connectivity index (χ4v) is 3.99. The molecule has 6 heteroatoms. The molecule has 0 aliphatic heterocycles. The van der Waals surface area contributed by atoms with Crippen LogP contribution in [0.15, 0.2) is 48.6 Å². The zero-order valence-electron chi connectivity index (χ0n) is 19.1. The van der Waals surface area contributed by atoms with Crippen molar-refractivity contribution >= 4 is 11.8 Å². The number of benzene rings is 1. The topological polar surface area (TPSA) is 93.1 Å². The van der Waals surface area contributed by atoms with Crippen molar-refractivity contribution < 1.29 is 29.3 Å². The molecule has 1 aliphatic rings. The summed E-state index contributed by atoms with van der Waals surface area (Å²) in [7, 11) is 1.37. The molecule has 0 heterocycles. The number of allylic oxidation sites excluding steroid dienone is 2. The normalized spacial score (nSPS) is 22.1. The van der Waals surface area contributed by atoms with Gasteiger partial charge in [-0.25, -0.2) is 0 Å². The van der Waals surface area contributed by atoms with E-state index in [0.717, 1.165) is 17.5 Å². The number of methoxy groups -OCH3 is 1. The Balaban J connectivity index is 1.88. The number of carbonyl (C=O) groups excluding carboxylic acids is 2. The maximum Gasteiger partial charge on any atom is 0.305 e. The number of aliphatic hydroxyl groups excluding tert-OH is 2. The van der Waals surface area contributed by atoms with E-state index in [1.165, 1.54) is 7.11 Å². The van der Waals surface area contributed by atoms with Gasteiger partial charge in [-0.1, -0.05) is 48.6 Å². The molecule has 2 rings (SSSR count). The largest absolute Gasteiger partial charge is 0.469 e. The average Bonchev–Trinajstić information content (AvgIpc) is 3.05. The van der Waals surface area contributed by atoms with Crippen LogP contribution in [-0.2, 0) is 32.1 Å². The first-order valence-electron chi connectivity index (χ1n) is 11.4. The van der Waals surface area contributed by atoms with Gasteiger partial charge in [-0.05, 0) is 37.3 Å². The minimum absolute atomic E-state index is 0.0458. The lowest BCUT2D eigenvalue weighted by Gasteiger charge is -2.17. The van der Waals surface area contributed by atoms with Gasteiger partial charge < -0.3 is 19.7 Å². The second-order valence-corrected chi connectivity index (χ2v) is 8.21. The van der Waals surface area contributed by atoms with E-state index in [-0.39, 0.29) is 30.0 Å². The maximum atomic E-state index is 12.3. The lowest BCUT2D eigenvalue weighted by Crippen LogP contribution is -2.19. The summed E-state index contributed by atoms with van der Waals surface area (Å²) in [6.07, 6.45) is 8.92. The Labute approximate surface area is 190 Å². The van der Waals surface area contributed by atoms with E-state index >= 15 is 0 Å². The van der Waals surface area contributed by atoms with Crippen molar-refractivity contribution in [2.45, 2.75) is 64.3 Å². The third-order valence-corrected chi connectivity index (χ3v) is 5.73. The second-order valence-electron chi connectivity index (χ2n) is 8.21. The Morgan fingerprint density at radius 1 is 1.28 bits per heavy atom. The molecular weight excluding hydrogens is 408 g/mol. The van der Waals surface area contributed by atoms with Crippen LogP contribution in [0, 0.1) is 11.8 Å². The van der Waals surface area contributed by atoms with Gasteiger partial charge >= 0.3 is 5.97 Å². The first-order chi connectivity index (χ1) is 15.4. The van der Waals surface area contributed by atoms with Crippen molar-refractivity contribution in [1.29, 1.82) is 0 Å². The highest BCUT2D eigenvalue weighted by molar-refractivity contribution is 5.84. The zero-order valence-corrected chi connectivity index (χ0v) is 19.1. The third-order valence-electron chi connectivity index (χ3n) is 5.73. The lowest BCUT2D eigenvalue weighted by atomic mass is 9.90. The van der Waals surface area contributed by atoms with Gasteiger partial charge in [-0.2, -0.15) is 0 Å². The van der Waals surface area contributed by atoms with Crippen molar-refractivity contribution in [3.63, 3.8) is 0 Å².